The molecule has 0 atom stereocenters. The molecule has 0 saturated carbocycles. The zero-order valence-corrected chi connectivity index (χ0v) is 10.1. The fraction of sp³-hybridized carbons (Fsp3) is 0.167. The first-order chi connectivity index (χ1) is 9.08. The molecule has 0 spiro atoms. The first-order valence-electron chi connectivity index (χ1n) is 5.47. The number of nitrogens with one attached hydrogen (secondary N) is 1. The molecule has 2 aromatic rings. The smallest absolute Gasteiger partial charge is 0.336 e. The Morgan fingerprint density at radius 2 is 2.00 bits per heavy atom. The van der Waals surface area contributed by atoms with Crippen LogP contribution in [-0.4, -0.2) is 27.1 Å². The maximum absolute atomic E-state index is 11.9. The lowest BCUT2D eigenvalue weighted by atomic mass is 10.1. The molecule has 0 aliphatic carbocycles. The molecule has 0 radical (unpaired) electrons. The number of benzene rings is 1. The second-order valence-corrected chi connectivity index (χ2v) is 3.77. The molecule has 0 aliphatic heterocycles. The van der Waals surface area contributed by atoms with Crippen molar-refractivity contribution >= 4 is 11.9 Å². The Kier molecular flexibility index (Phi) is 3.56. The number of hydrogen-bond donors (Lipinski definition) is 2. The van der Waals surface area contributed by atoms with Gasteiger partial charge < -0.3 is 14.9 Å². The topological polar surface area (TPSA) is 105 Å². The zero-order chi connectivity index (χ0) is 13.8. The average molecular weight is 261 g/mol. The minimum Gasteiger partial charge on any atom is -0.478 e. The molecule has 1 aromatic carbocycles. The largest absolute Gasteiger partial charge is 0.478 e. The monoisotopic (exact) mass is 261 g/mol. The molecule has 0 bridgehead atoms. The molecule has 2 N–H and O–H groups in total. The van der Waals surface area contributed by atoms with Crippen molar-refractivity contribution in [3.8, 4) is 0 Å². The molecule has 98 valence electrons. The van der Waals surface area contributed by atoms with Crippen LogP contribution in [0.2, 0.25) is 0 Å². The number of aromatic carboxylic acids is 1. The fourth-order valence-electron chi connectivity index (χ4n) is 1.53. The highest BCUT2D eigenvalue weighted by Gasteiger charge is 2.16. The van der Waals surface area contributed by atoms with E-state index >= 15 is 0 Å². The van der Waals surface area contributed by atoms with Gasteiger partial charge in [0.25, 0.3) is 5.91 Å². The highest BCUT2D eigenvalue weighted by atomic mass is 16.5. The van der Waals surface area contributed by atoms with Gasteiger partial charge in [-0.15, -0.1) is 0 Å². The van der Waals surface area contributed by atoms with E-state index in [9.17, 15) is 9.59 Å². The molecule has 0 fully saturated rings. The summed E-state index contributed by atoms with van der Waals surface area (Å²) in [5, 5.41) is 15.1. The van der Waals surface area contributed by atoms with E-state index in [1.165, 1.54) is 12.1 Å². The predicted molar refractivity (Wildman–Crippen MR) is 63.6 cm³/mol. The molecule has 7 nitrogen and oxygen atoms in total. The van der Waals surface area contributed by atoms with Crippen LogP contribution >= 0.6 is 0 Å². The highest BCUT2D eigenvalue weighted by molar-refractivity contribution is 6.04. The maximum atomic E-state index is 11.9. The van der Waals surface area contributed by atoms with Crippen LogP contribution < -0.4 is 5.32 Å². The molecule has 0 unspecified atom stereocenters. The SMILES string of the molecule is Cc1noc(CNC(=O)c2ccccc2C(=O)O)n1. The van der Waals surface area contributed by atoms with Crippen molar-refractivity contribution in [3.05, 3.63) is 47.1 Å². The molecular formula is C12H11N3O4. The Hall–Kier alpha value is -2.70. The van der Waals surface area contributed by atoms with Crippen LogP contribution in [0.1, 0.15) is 32.4 Å². The third-order valence-electron chi connectivity index (χ3n) is 2.37. The van der Waals surface area contributed by atoms with Crippen molar-refractivity contribution in [2.75, 3.05) is 0 Å². The summed E-state index contributed by atoms with van der Waals surface area (Å²) < 4.78 is 4.84. The Bertz CT molecular complexity index is 621. The minimum atomic E-state index is -1.15. The summed E-state index contributed by atoms with van der Waals surface area (Å²) in [7, 11) is 0. The van der Waals surface area contributed by atoms with Crippen molar-refractivity contribution in [3.63, 3.8) is 0 Å². The van der Waals surface area contributed by atoms with Gasteiger partial charge in [0, 0.05) is 0 Å². The summed E-state index contributed by atoms with van der Waals surface area (Å²) in [5.41, 5.74) is 0.0351. The van der Waals surface area contributed by atoms with Crippen molar-refractivity contribution in [2.45, 2.75) is 13.5 Å². The van der Waals surface area contributed by atoms with Gasteiger partial charge in [-0.25, -0.2) is 4.79 Å². The number of aryl methyl sites for hydroxylation is 1. The standard InChI is InChI=1S/C12H11N3O4/c1-7-14-10(19-15-7)6-13-11(16)8-4-2-3-5-9(8)12(17)18/h2-5H,6H2,1H3,(H,13,16)(H,17,18). The van der Waals surface area contributed by atoms with Crippen LogP contribution in [0.4, 0.5) is 0 Å². The van der Waals surface area contributed by atoms with Gasteiger partial charge in [-0.3, -0.25) is 4.79 Å². The Morgan fingerprint density at radius 1 is 1.32 bits per heavy atom. The number of nitrogens with zero attached hydrogens (tertiary/aromatic N) is 2. The van der Waals surface area contributed by atoms with E-state index in [1.807, 2.05) is 0 Å². The van der Waals surface area contributed by atoms with Gasteiger partial charge in [0.1, 0.15) is 0 Å². The summed E-state index contributed by atoms with van der Waals surface area (Å²) in [6.07, 6.45) is 0. The van der Waals surface area contributed by atoms with Crippen LogP contribution in [0.25, 0.3) is 0 Å². The molecule has 2 rings (SSSR count). The second kappa shape index (κ2) is 5.30. The summed E-state index contributed by atoms with van der Waals surface area (Å²) in [6.45, 7) is 1.71. The Labute approximate surface area is 108 Å². The maximum Gasteiger partial charge on any atom is 0.336 e. The summed E-state index contributed by atoms with van der Waals surface area (Å²) in [6, 6.07) is 5.96. The highest BCUT2D eigenvalue weighted by Crippen LogP contribution is 2.09. The fourth-order valence-corrected chi connectivity index (χ4v) is 1.53. The van der Waals surface area contributed by atoms with Crippen LogP contribution in [0.15, 0.2) is 28.8 Å². The Balaban J connectivity index is 2.10. The Morgan fingerprint density at radius 3 is 2.58 bits per heavy atom. The molecule has 0 saturated heterocycles. The van der Waals surface area contributed by atoms with E-state index in [1.54, 1.807) is 19.1 Å². The van der Waals surface area contributed by atoms with Gasteiger partial charge >= 0.3 is 5.97 Å². The van der Waals surface area contributed by atoms with Gasteiger partial charge in [0.15, 0.2) is 5.82 Å². The van der Waals surface area contributed by atoms with E-state index in [0.29, 0.717) is 5.82 Å². The molecule has 7 heteroatoms. The van der Waals surface area contributed by atoms with Crippen LogP contribution in [-0.2, 0) is 6.54 Å². The number of carbonyl (C=O) groups is 2. The van der Waals surface area contributed by atoms with E-state index < -0.39 is 11.9 Å². The van der Waals surface area contributed by atoms with Crippen molar-refractivity contribution in [1.29, 1.82) is 0 Å². The van der Waals surface area contributed by atoms with Crippen LogP contribution in [0.3, 0.4) is 0 Å². The lowest BCUT2D eigenvalue weighted by molar-refractivity contribution is 0.0691. The number of carboxylic acids is 1. The van der Waals surface area contributed by atoms with Crippen LogP contribution in [0, 0.1) is 6.92 Å². The second-order valence-electron chi connectivity index (χ2n) is 3.77. The van der Waals surface area contributed by atoms with Crippen molar-refractivity contribution < 1.29 is 19.2 Å². The summed E-state index contributed by atoms with van der Waals surface area (Å²) >= 11 is 0. The van der Waals surface area contributed by atoms with Gasteiger partial charge in [0.05, 0.1) is 17.7 Å². The first-order valence-corrected chi connectivity index (χ1v) is 5.47. The number of amides is 1. The van der Waals surface area contributed by atoms with Gasteiger partial charge in [-0.05, 0) is 19.1 Å². The van der Waals surface area contributed by atoms with E-state index in [2.05, 4.69) is 15.5 Å². The van der Waals surface area contributed by atoms with Gasteiger partial charge in [0.2, 0.25) is 5.89 Å². The zero-order valence-electron chi connectivity index (χ0n) is 10.1. The summed E-state index contributed by atoms with van der Waals surface area (Å²) in [4.78, 5) is 26.8. The van der Waals surface area contributed by atoms with Gasteiger partial charge in [-0.1, -0.05) is 17.3 Å². The molecule has 0 aliphatic rings. The van der Waals surface area contributed by atoms with Crippen molar-refractivity contribution in [1.82, 2.24) is 15.5 Å². The minimum absolute atomic E-state index is 0.0492. The number of hydrogen-bond acceptors (Lipinski definition) is 5. The number of carbonyl (C=O) groups excluding carboxylic acids is 1. The average Bonchev–Trinajstić information content (AvgIpc) is 2.81. The third kappa shape index (κ3) is 2.95. The number of rotatable bonds is 4. The molecule has 19 heavy (non-hydrogen) atoms. The number of aromatic nitrogens is 2. The first kappa shape index (κ1) is 12.7. The van der Waals surface area contributed by atoms with Crippen molar-refractivity contribution in [2.24, 2.45) is 0 Å². The van der Waals surface area contributed by atoms with Gasteiger partial charge in [-0.2, -0.15) is 4.98 Å². The quantitative estimate of drug-likeness (QED) is 0.850. The normalized spacial score (nSPS) is 10.2. The predicted octanol–water partition coefficient (Wildman–Crippen LogP) is 1.01. The molecule has 1 aromatic heterocycles. The summed E-state index contributed by atoms with van der Waals surface area (Å²) in [5.74, 6) is -0.929. The van der Waals surface area contributed by atoms with E-state index in [4.69, 9.17) is 9.63 Å². The van der Waals surface area contributed by atoms with E-state index in [-0.39, 0.29) is 23.6 Å². The van der Waals surface area contributed by atoms with E-state index in [0.717, 1.165) is 0 Å². The third-order valence-corrected chi connectivity index (χ3v) is 2.37. The lowest BCUT2D eigenvalue weighted by Crippen LogP contribution is -2.25. The lowest BCUT2D eigenvalue weighted by Gasteiger charge is -2.05. The van der Waals surface area contributed by atoms with Crippen LogP contribution in [0.5, 0.6) is 0 Å². The molecular weight excluding hydrogens is 250 g/mol. The molecule has 1 heterocycles. The molecule has 1 amide bonds. The number of carboxylic acid groups (broad SMARTS) is 1.